The lowest BCUT2D eigenvalue weighted by Crippen LogP contribution is -2.39. The molecule has 1 heterocycles. The maximum Gasteiger partial charge on any atom is 0.234 e. The molecule has 1 amide bonds. The van der Waals surface area contributed by atoms with E-state index in [1.165, 1.54) is 0 Å². The summed E-state index contributed by atoms with van der Waals surface area (Å²) in [4.78, 5) is 15.7. The van der Waals surface area contributed by atoms with Crippen LogP contribution in [0.25, 0.3) is 0 Å². The summed E-state index contributed by atoms with van der Waals surface area (Å²) in [5, 5.41) is 11.2. The Kier molecular flexibility index (Phi) is 5.01. The van der Waals surface area contributed by atoms with Crippen molar-refractivity contribution in [1.29, 1.82) is 0 Å². The second-order valence-corrected chi connectivity index (χ2v) is 4.21. The maximum atomic E-state index is 11.4. The molecule has 2 N–H and O–H groups in total. The van der Waals surface area contributed by atoms with Gasteiger partial charge in [-0.25, -0.2) is 0 Å². The summed E-state index contributed by atoms with van der Waals surface area (Å²) in [7, 11) is 4.14. The maximum absolute atomic E-state index is 11.4. The number of hydrogen-bond donors (Lipinski definition) is 2. The molecule has 88 valence electrons. The van der Waals surface area contributed by atoms with E-state index >= 15 is 0 Å². The molecule has 0 radical (unpaired) electrons. The van der Waals surface area contributed by atoms with Crippen LogP contribution in [-0.4, -0.2) is 73.7 Å². The Morgan fingerprint density at radius 2 is 2.33 bits per heavy atom. The van der Waals surface area contributed by atoms with E-state index in [0.29, 0.717) is 19.1 Å². The van der Waals surface area contributed by atoms with Gasteiger partial charge >= 0.3 is 0 Å². The number of hydrogen-bond acceptors (Lipinski definition) is 4. The average Bonchev–Trinajstić information content (AvgIpc) is 2.63. The van der Waals surface area contributed by atoms with Crippen molar-refractivity contribution >= 4 is 5.91 Å². The summed E-state index contributed by atoms with van der Waals surface area (Å²) in [5.74, 6) is 0.00320. The van der Waals surface area contributed by atoms with Crippen LogP contribution in [-0.2, 0) is 4.79 Å². The molecule has 0 aromatic heterocycles. The molecular formula is C10H21N3O2. The van der Waals surface area contributed by atoms with Crippen molar-refractivity contribution in [2.24, 2.45) is 0 Å². The van der Waals surface area contributed by atoms with Gasteiger partial charge < -0.3 is 15.3 Å². The van der Waals surface area contributed by atoms with Crippen molar-refractivity contribution in [3.05, 3.63) is 0 Å². The third kappa shape index (κ3) is 4.15. The number of aliphatic hydroxyl groups excluding tert-OH is 1. The summed E-state index contributed by atoms with van der Waals surface area (Å²) in [6.45, 7) is 2.75. The second kappa shape index (κ2) is 6.05. The van der Waals surface area contributed by atoms with E-state index in [4.69, 9.17) is 5.11 Å². The van der Waals surface area contributed by atoms with Crippen LogP contribution >= 0.6 is 0 Å². The zero-order valence-electron chi connectivity index (χ0n) is 9.57. The Balaban J connectivity index is 2.20. The third-order valence-corrected chi connectivity index (χ3v) is 2.78. The van der Waals surface area contributed by atoms with Crippen molar-refractivity contribution in [2.45, 2.75) is 12.5 Å². The second-order valence-electron chi connectivity index (χ2n) is 4.21. The van der Waals surface area contributed by atoms with Crippen molar-refractivity contribution in [1.82, 2.24) is 15.1 Å². The number of carbonyl (C=O) groups is 1. The minimum absolute atomic E-state index is 0.00320. The van der Waals surface area contributed by atoms with Crippen LogP contribution in [0, 0.1) is 0 Å². The highest BCUT2D eigenvalue weighted by Crippen LogP contribution is 2.12. The minimum Gasteiger partial charge on any atom is -0.395 e. The van der Waals surface area contributed by atoms with Crippen molar-refractivity contribution in [2.75, 3.05) is 46.9 Å². The Morgan fingerprint density at radius 3 is 2.87 bits per heavy atom. The Morgan fingerprint density at radius 1 is 1.60 bits per heavy atom. The molecule has 0 saturated carbocycles. The van der Waals surface area contributed by atoms with Crippen LogP contribution in [0.5, 0.6) is 0 Å². The van der Waals surface area contributed by atoms with Crippen molar-refractivity contribution < 1.29 is 9.90 Å². The molecule has 1 rings (SSSR count). The Labute approximate surface area is 91.0 Å². The van der Waals surface area contributed by atoms with Gasteiger partial charge in [0, 0.05) is 25.7 Å². The first-order chi connectivity index (χ1) is 7.13. The first-order valence-electron chi connectivity index (χ1n) is 5.40. The number of nitrogens with zero attached hydrogens (tertiary/aromatic N) is 2. The highest BCUT2D eigenvalue weighted by molar-refractivity contribution is 5.78. The number of carbonyl (C=O) groups excluding carboxylic acids is 1. The predicted molar refractivity (Wildman–Crippen MR) is 58.6 cm³/mol. The molecule has 0 aromatic carbocycles. The number of likely N-dealkylation sites (N-methyl/N-ethyl adjacent to an activating group) is 1. The first-order valence-corrected chi connectivity index (χ1v) is 5.40. The molecule has 0 aliphatic carbocycles. The first kappa shape index (κ1) is 12.4. The predicted octanol–water partition coefficient (Wildman–Crippen LogP) is -1.27. The lowest BCUT2D eigenvalue weighted by molar-refractivity contribution is -0.122. The van der Waals surface area contributed by atoms with Crippen molar-refractivity contribution in [3.8, 4) is 0 Å². The van der Waals surface area contributed by atoms with E-state index < -0.39 is 0 Å². The number of rotatable bonds is 5. The SMILES string of the molecule is CN(C)C1CCN(CC(=O)NCCO)C1. The fourth-order valence-corrected chi connectivity index (χ4v) is 1.83. The van der Waals surface area contributed by atoms with Gasteiger partial charge in [0.15, 0.2) is 0 Å². The molecule has 0 spiro atoms. The molecule has 15 heavy (non-hydrogen) atoms. The largest absolute Gasteiger partial charge is 0.395 e. The summed E-state index contributed by atoms with van der Waals surface area (Å²) < 4.78 is 0. The number of amides is 1. The van der Waals surface area contributed by atoms with Crippen LogP contribution in [0.4, 0.5) is 0 Å². The smallest absolute Gasteiger partial charge is 0.234 e. The summed E-state index contributed by atoms with van der Waals surface area (Å²) in [5.41, 5.74) is 0. The van der Waals surface area contributed by atoms with Crippen molar-refractivity contribution in [3.63, 3.8) is 0 Å². The van der Waals surface area contributed by atoms with Crippen LogP contribution in [0.3, 0.4) is 0 Å². The highest BCUT2D eigenvalue weighted by atomic mass is 16.3. The molecule has 1 unspecified atom stereocenters. The fraction of sp³-hybridized carbons (Fsp3) is 0.900. The van der Waals surface area contributed by atoms with Gasteiger partial charge in [0.2, 0.25) is 5.91 Å². The Hall–Kier alpha value is -0.650. The van der Waals surface area contributed by atoms with Gasteiger partial charge in [0.05, 0.1) is 13.2 Å². The molecule has 1 aliphatic heterocycles. The molecule has 1 aliphatic rings. The van der Waals surface area contributed by atoms with Gasteiger partial charge in [-0.3, -0.25) is 9.69 Å². The van der Waals surface area contributed by atoms with E-state index in [1.807, 2.05) is 0 Å². The number of nitrogens with one attached hydrogen (secondary N) is 1. The van der Waals surface area contributed by atoms with Gasteiger partial charge in [-0.15, -0.1) is 0 Å². The standard InChI is InChI=1S/C10H21N3O2/c1-12(2)9-3-5-13(7-9)8-10(15)11-4-6-14/h9,14H,3-8H2,1-2H3,(H,11,15). The van der Waals surface area contributed by atoms with Gasteiger partial charge in [-0.05, 0) is 20.5 Å². The normalized spacial score (nSPS) is 22.3. The van der Waals surface area contributed by atoms with Gasteiger partial charge in [0.1, 0.15) is 0 Å². The molecule has 1 saturated heterocycles. The summed E-state index contributed by atoms with van der Waals surface area (Å²) in [6, 6.07) is 0.565. The molecule has 0 bridgehead atoms. The Bertz CT molecular complexity index is 209. The van der Waals surface area contributed by atoms with Crippen LogP contribution < -0.4 is 5.32 Å². The van der Waals surface area contributed by atoms with Gasteiger partial charge in [-0.2, -0.15) is 0 Å². The topological polar surface area (TPSA) is 55.8 Å². The molecule has 5 heteroatoms. The minimum atomic E-state index is 0.00320. The lowest BCUT2D eigenvalue weighted by Gasteiger charge is -2.19. The number of aliphatic hydroxyl groups is 1. The van der Waals surface area contributed by atoms with E-state index in [0.717, 1.165) is 19.5 Å². The lowest BCUT2D eigenvalue weighted by atomic mass is 10.2. The molecule has 1 fully saturated rings. The highest BCUT2D eigenvalue weighted by Gasteiger charge is 2.24. The van der Waals surface area contributed by atoms with Gasteiger partial charge in [0.25, 0.3) is 0 Å². The molecule has 0 aromatic rings. The zero-order valence-corrected chi connectivity index (χ0v) is 9.57. The molecule has 5 nitrogen and oxygen atoms in total. The summed E-state index contributed by atoms with van der Waals surface area (Å²) >= 11 is 0. The third-order valence-electron chi connectivity index (χ3n) is 2.78. The van der Waals surface area contributed by atoms with E-state index in [1.54, 1.807) is 0 Å². The molecular weight excluding hydrogens is 194 g/mol. The molecule has 1 atom stereocenters. The summed E-state index contributed by atoms with van der Waals surface area (Å²) in [6.07, 6.45) is 1.13. The quantitative estimate of drug-likeness (QED) is 0.600. The average molecular weight is 215 g/mol. The fourth-order valence-electron chi connectivity index (χ4n) is 1.83. The van der Waals surface area contributed by atoms with Crippen LogP contribution in [0.1, 0.15) is 6.42 Å². The zero-order chi connectivity index (χ0) is 11.3. The number of likely N-dealkylation sites (tertiary alicyclic amines) is 1. The van der Waals surface area contributed by atoms with Gasteiger partial charge in [-0.1, -0.05) is 0 Å². The monoisotopic (exact) mass is 215 g/mol. The van der Waals surface area contributed by atoms with Crippen LogP contribution in [0.2, 0.25) is 0 Å². The van der Waals surface area contributed by atoms with E-state index in [2.05, 4.69) is 29.2 Å². The van der Waals surface area contributed by atoms with Crippen LogP contribution in [0.15, 0.2) is 0 Å². The van der Waals surface area contributed by atoms with E-state index in [9.17, 15) is 4.79 Å². The van der Waals surface area contributed by atoms with E-state index in [-0.39, 0.29) is 12.5 Å².